The zero-order valence-electron chi connectivity index (χ0n) is 15.9. The van der Waals surface area contributed by atoms with E-state index in [4.69, 9.17) is 28.0 Å². The molecule has 0 N–H and O–H groups in total. The topological polar surface area (TPSA) is 67.7 Å². The van der Waals surface area contributed by atoms with Crippen LogP contribution in [0.4, 0.5) is 4.39 Å². The first kappa shape index (κ1) is 20.1. The van der Waals surface area contributed by atoms with E-state index in [0.717, 1.165) is 10.8 Å². The second-order valence-corrected chi connectivity index (χ2v) is 8.07. The van der Waals surface area contributed by atoms with Crippen molar-refractivity contribution in [3.63, 3.8) is 0 Å². The number of hydrogen-bond donors (Lipinski definition) is 0. The summed E-state index contributed by atoms with van der Waals surface area (Å²) >= 11 is 12.0. The molecule has 0 saturated heterocycles. The molecule has 0 unspecified atom stereocenters. The number of alkyl halides is 1. The first-order valence-corrected chi connectivity index (χ1v) is 9.91. The summed E-state index contributed by atoms with van der Waals surface area (Å²) in [6, 6.07) is 4.60. The van der Waals surface area contributed by atoms with Crippen LogP contribution in [0.25, 0.3) is 0 Å². The maximum atomic E-state index is 13.2. The summed E-state index contributed by atoms with van der Waals surface area (Å²) in [4.78, 5) is 32.9. The summed E-state index contributed by atoms with van der Waals surface area (Å²) in [5.41, 5.74) is 2.15. The Hall–Kier alpha value is -2.16. The van der Waals surface area contributed by atoms with Gasteiger partial charge in [-0.05, 0) is 25.1 Å². The Morgan fingerprint density at radius 2 is 2.10 bits per heavy atom. The second-order valence-electron chi connectivity index (χ2n) is 7.26. The summed E-state index contributed by atoms with van der Waals surface area (Å²) < 4.78 is 14.7. The molecule has 0 bridgehead atoms. The molecule has 1 aromatic carbocycles. The third-order valence-corrected chi connectivity index (χ3v) is 5.99. The molecular weight excluding hydrogens is 422 g/mol. The Labute approximate surface area is 176 Å². The van der Waals surface area contributed by atoms with Crippen LogP contribution >= 0.6 is 23.2 Å². The number of nitrogens with zero attached hydrogens (tertiary/aromatic N) is 4. The van der Waals surface area contributed by atoms with Gasteiger partial charge in [-0.1, -0.05) is 23.2 Å². The van der Waals surface area contributed by atoms with Crippen molar-refractivity contribution in [2.45, 2.75) is 38.6 Å². The zero-order chi connectivity index (χ0) is 20.9. The Kier molecular flexibility index (Phi) is 5.27. The number of carbonyl (C=O) groups is 2. The number of rotatable bonds is 2. The predicted octanol–water partition coefficient (Wildman–Crippen LogP) is 3.13. The van der Waals surface area contributed by atoms with Crippen LogP contribution in [0, 0.1) is 0 Å². The van der Waals surface area contributed by atoms with Crippen molar-refractivity contribution in [3.05, 3.63) is 50.8 Å². The van der Waals surface area contributed by atoms with Gasteiger partial charge in [0.25, 0.3) is 11.8 Å². The molecule has 1 aromatic heterocycles. The molecule has 3 heterocycles. The lowest BCUT2D eigenvalue weighted by Gasteiger charge is -2.33. The lowest BCUT2D eigenvalue weighted by molar-refractivity contribution is -0.152. The van der Waals surface area contributed by atoms with Crippen LogP contribution in [0.15, 0.2) is 18.2 Å². The lowest BCUT2D eigenvalue weighted by atomic mass is 9.98. The second kappa shape index (κ2) is 7.59. The molecule has 2 atom stereocenters. The highest BCUT2D eigenvalue weighted by Gasteiger charge is 2.37. The fraction of sp³-hybridized carbons (Fsp3) is 0.421. The van der Waals surface area contributed by atoms with Crippen LogP contribution in [0.3, 0.4) is 0 Å². The molecule has 2 aromatic rings. The van der Waals surface area contributed by atoms with Gasteiger partial charge >= 0.3 is 0 Å². The van der Waals surface area contributed by atoms with Gasteiger partial charge in [0.2, 0.25) is 0 Å². The number of fused-ring (bicyclic) bond motifs is 3. The smallest absolute Gasteiger partial charge is 0.295 e. The summed E-state index contributed by atoms with van der Waals surface area (Å²) in [5, 5.41) is 6.23. The molecule has 2 amide bonds. The van der Waals surface area contributed by atoms with E-state index in [2.05, 4.69) is 5.10 Å². The van der Waals surface area contributed by atoms with Crippen LogP contribution < -0.4 is 0 Å². The average molecular weight is 441 g/mol. The molecular formula is C19H19Cl2FN4O3. The van der Waals surface area contributed by atoms with Gasteiger partial charge in [0, 0.05) is 30.6 Å². The Balaban J connectivity index is 1.70. The fourth-order valence-corrected chi connectivity index (χ4v) is 4.06. The molecule has 10 heteroatoms. The Bertz CT molecular complexity index is 996. The van der Waals surface area contributed by atoms with E-state index in [1.165, 1.54) is 17.8 Å². The number of amides is 2. The first-order valence-electron chi connectivity index (χ1n) is 9.15. The number of carbonyl (C=O) groups excluding carboxylic acids is 2. The summed E-state index contributed by atoms with van der Waals surface area (Å²) in [6.45, 7) is 1.53. The number of aromatic nitrogens is 2. The number of halogens is 3. The highest BCUT2D eigenvalue weighted by atomic mass is 35.5. The largest absolute Gasteiger partial charge is 0.331 e. The van der Waals surface area contributed by atoms with Crippen LogP contribution in [0.5, 0.6) is 0 Å². The van der Waals surface area contributed by atoms with E-state index in [1.807, 2.05) is 6.92 Å². The maximum Gasteiger partial charge on any atom is 0.295 e. The number of hydrogen-bond acceptors (Lipinski definition) is 4. The van der Waals surface area contributed by atoms with Gasteiger partial charge in [-0.15, -0.1) is 0 Å². The summed E-state index contributed by atoms with van der Waals surface area (Å²) in [7, 11) is 1.45. The predicted molar refractivity (Wildman–Crippen MR) is 105 cm³/mol. The lowest BCUT2D eigenvalue weighted by Crippen LogP contribution is -2.43. The van der Waals surface area contributed by atoms with Crippen LogP contribution in [-0.2, 0) is 24.3 Å². The van der Waals surface area contributed by atoms with Crippen molar-refractivity contribution in [3.8, 4) is 0 Å². The van der Waals surface area contributed by atoms with E-state index < -0.39 is 18.7 Å². The molecule has 2 aliphatic heterocycles. The monoisotopic (exact) mass is 440 g/mol. The van der Waals surface area contributed by atoms with Gasteiger partial charge in [0.1, 0.15) is 18.5 Å². The molecule has 154 valence electrons. The summed E-state index contributed by atoms with van der Waals surface area (Å²) in [6.07, 6.45) is -0.307. The first-order chi connectivity index (χ1) is 13.8. The third kappa shape index (κ3) is 3.49. The van der Waals surface area contributed by atoms with Crippen LogP contribution in [-0.4, -0.2) is 57.4 Å². The van der Waals surface area contributed by atoms with Gasteiger partial charge < -0.3 is 4.90 Å². The molecule has 0 fully saturated rings. The van der Waals surface area contributed by atoms with Crippen molar-refractivity contribution in [1.82, 2.24) is 19.7 Å². The molecule has 0 spiro atoms. The molecule has 7 nitrogen and oxygen atoms in total. The zero-order valence-corrected chi connectivity index (χ0v) is 17.4. The molecule has 4 rings (SSSR count). The van der Waals surface area contributed by atoms with E-state index >= 15 is 0 Å². The Morgan fingerprint density at radius 1 is 1.34 bits per heavy atom. The van der Waals surface area contributed by atoms with Gasteiger partial charge in [-0.3, -0.25) is 19.1 Å². The average Bonchev–Trinajstić information content (AvgIpc) is 2.98. The highest BCUT2D eigenvalue weighted by molar-refractivity contribution is 6.42. The van der Waals surface area contributed by atoms with Gasteiger partial charge in [-0.2, -0.15) is 5.10 Å². The molecule has 29 heavy (non-hydrogen) atoms. The van der Waals surface area contributed by atoms with E-state index in [9.17, 15) is 14.0 Å². The molecule has 0 aliphatic carbocycles. The Morgan fingerprint density at radius 3 is 2.79 bits per heavy atom. The minimum absolute atomic E-state index is 0.129. The number of benzene rings is 1. The minimum Gasteiger partial charge on any atom is -0.331 e. The minimum atomic E-state index is -0.794. The number of hydroxylamine groups is 2. The van der Waals surface area contributed by atoms with E-state index in [0.29, 0.717) is 33.3 Å². The van der Waals surface area contributed by atoms with Crippen molar-refractivity contribution >= 4 is 35.0 Å². The molecule has 2 aliphatic rings. The quantitative estimate of drug-likeness (QED) is 0.719. The third-order valence-electron chi connectivity index (χ3n) is 5.25. The van der Waals surface area contributed by atoms with Crippen LogP contribution in [0.1, 0.15) is 39.0 Å². The SMILES string of the molecule is C[C@@H]1Cc2nn3c(c2CN1C(=O)c1ccc(Cl)c(Cl)c1)C(=O)N(C)O[C@@H](CF)C3. The van der Waals surface area contributed by atoms with Crippen molar-refractivity contribution in [2.75, 3.05) is 13.7 Å². The standard InChI is InChI=1S/C19H19Cl2FN4O3/c1-10-5-16-13(9-25(10)18(27)11-3-4-14(20)15(21)6-11)17-19(28)24(2)29-12(7-22)8-26(17)23-16/h3-4,6,10,12H,5,7-9H2,1-2H3/t10-,12+/m1/s1. The van der Waals surface area contributed by atoms with Crippen molar-refractivity contribution in [2.24, 2.45) is 0 Å². The normalized spacial score (nSPS) is 21.6. The fourth-order valence-electron chi connectivity index (χ4n) is 3.76. The van der Waals surface area contributed by atoms with Gasteiger partial charge in [0.05, 0.1) is 28.8 Å². The maximum absolute atomic E-state index is 13.2. The van der Waals surface area contributed by atoms with E-state index in [-0.39, 0.29) is 25.0 Å². The van der Waals surface area contributed by atoms with Gasteiger partial charge in [-0.25, -0.2) is 9.45 Å². The van der Waals surface area contributed by atoms with Gasteiger partial charge in [0.15, 0.2) is 0 Å². The molecule has 0 saturated carbocycles. The summed E-state index contributed by atoms with van der Waals surface area (Å²) in [5.74, 6) is -0.625. The highest BCUT2D eigenvalue weighted by Crippen LogP contribution is 2.30. The molecule has 0 radical (unpaired) electrons. The van der Waals surface area contributed by atoms with Crippen molar-refractivity contribution < 1.29 is 18.8 Å². The van der Waals surface area contributed by atoms with E-state index in [1.54, 1.807) is 17.0 Å². The van der Waals surface area contributed by atoms with Crippen LogP contribution in [0.2, 0.25) is 10.0 Å². The van der Waals surface area contributed by atoms with Crippen molar-refractivity contribution in [1.29, 1.82) is 0 Å².